The van der Waals surface area contributed by atoms with E-state index in [4.69, 9.17) is 9.72 Å². The molecule has 3 heterocycles. The number of benzene rings is 1. The number of nitrogens with zero attached hydrogens (tertiary/aromatic N) is 3. The molecular formula is C22H29N3O2. The summed E-state index contributed by atoms with van der Waals surface area (Å²) in [5.41, 5.74) is 2.42. The van der Waals surface area contributed by atoms with E-state index in [2.05, 4.69) is 35.2 Å². The molecule has 5 heteroatoms. The SMILES string of the molecule is COCC1CN(C(C)=O)CC12CCN(Cc1ccc3ccccc3n1)CC2. The summed E-state index contributed by atoms with van der Waals surface area (Å²) in [6, 6.07) is 12.6. The lowest BCUT2D eigenvalue weighted by atomic mass is 9.71. The first-order chi connectivity index (χ1) is 13.1. The van der Waals surface area contributed by atoms with Crippen LogP contribution in [0.2, 0.25) is 0 Å². The Balaban J connectivity index is 1.42. The van der Waals surface area contributed by atoms with Crippen molar-refractivity contribution in [3.8, 4) is 0 Å². The van der Waals surface area contributed by atoms with Gasteiger partial charge in [-0.05, 0) is 43.5 Å². The van der Waals surface area contributed by atoms with Crippen molar-refractivity contribution in [3.05, 3.63) is 42.1 Å². The summed E-state index contributed by atoms with van der Waals surface area (Å²) in [6.45, 7) is 7.17. The number of para-hydroxylation sites is 1. The van der Waals surface area contributed by atoms with Crippen molar-refractivity contribution in [1.82, 2.24) is 14.8 Å². The summed E-state index contributed by atoms with van der Waals surface area (Å²) in [6.07, 6.45) is 2.25. The van der Waals surface area contributed by atoms with Crippen LogP contribution in [0.5, 0.6) is 0 Å². The lowest BCUT2D eigenvalue weighted by Gasteiger charge is -2.42. The second-order valence-corrected chi connectivity index (χ2v) is 8.19. The molecule has 1 aromatic heterocycles. The number of methoxy groups -OCH3 is 1. The molecule has 2 aromatic rings. The van der Waals surface area contributed by atoms with Crippen molar-refractivity contribution in [1.29, 1.82) is 0 Å². The number of hydrogen-bond donors (Lipinski definition) is 0. The maximum Gasteiger partial charge on any atom is 0.219 e. The van der Waals surface area contributed by atoms with Gasteiger partial charge in [0.05, 0.1) is 17.8 Å². The van der Waals surface area contributed by atoms with E-state index in [0.29, 0.717) is 5.92 Å². The highest BCUT2D eigenvalue weighted by Gasteiger charge is 2.48. The van der Waals surface area contributed by atoms with Crippen molar-refractivity contribution in [2.45, 2.75) is 26.3 Å². The summed E-state index contributed by atoms with van der Waals surface area (Å²) < 4.78 is 5.48. The smallest absolute Gasteiger partial charge is 0.219 e. The van der Waals surface area contributed by atoms with Gasteiger partial charge in [-0.1, -0.05) is 24.3 Å². The van der Waals surface area contributed by atoms with Gasteiger partial charge in [-0.3, -0.25) is 14.7 Å². The minimum Gasteiger partial charge on any atom is -0.384 e. The van der Waals surface area contributed by atoms with Crippen LogP contribution in [0, 0.1) is 11.3 Å². The van der Waals surface area contributed by atoms with Gasteiger partial charge in [0.15, 0.2) is 0 Å². The Morgan fingerprint density at radius 2 is 2.00 bits per heavy atom. The van der Waals surface area contributed by atoms with E-state index in [0.717, 1.165) is 63.4 Å². The summed E-state index contributed by atoms with van der Waals surface area (Å²) in [5, 5.41) is 1.19. The molecule has 1 amide bonds. The predicted octanol–water partition coefficient (Wildman–Crippen LogP) is 2.94. The fourth-order valence-corrected chi connectivity index (χ4v) is 4.85. The maximum atomic E-state index is 11.9. The first-order valence-corrected chi connectivity index (χ1v) is 9.91. The van der Waals surface area contributed by atoms with Gasteiger partial charge < -0.3 is 9.64 Å². The van der Waals surface area contributed by atoms with E-state index in [1.807, 2.05) is 11.0 Å². The summed E-state index contributed by atoms with van der Waals surface area (Å²) in [4.78, 5) is 21.2. The molecule has 2 aliphatic heterocycles. The summed E-state index contributed by atoms with van der Waals surface area (Å²) in [5.74, 6) is 0.642. The fourth-order valence-electron chi connectivity index (χ4n) is 4.85. The minimum absolute atomic E-state index is 0.191. The third-order valence-corrected chi connectivity index (χ3v) is 6.52. The average molecular weight is 367 g/mol. The van der Waals surface area contributed by atoms with Crippen molar-refractivity contribution >= 4 is 16.8 Å². The van der Waals surface area contributed by atoms with E-state index < -0.39 is 0 Å². The first-order valence-electron chi connectivity index (χ1n) is 9.91. The molecule has 144 valence electrons. The van der Waals surface area contributed by atoms with Crippen LogP contribution in [0.1, 0.15) is 25.5 Å². The van der Waals surface area contributed by atoms with Gasteiger partial charge in [-0.2, -0.15) is 0 Å². The zero-order valence-corrected chi connectivity index (χ0v) is 16.4. The van der Waals surface area contributed by atoms with Gasteiger partial charge in [-0.15, -0.1) is 0 Å². The monoisotopic (exact) mass is 367 g/mol. The first kappa shape index (κ1) is 18.4. The topological polar surface area (TPSA) is 45.7 Å². The van der Waals surface area contributed by atoms with Crippen LogP contribution < -0.4 is 0 Å². The number of hydrogen-bond acceptors (Lipinski definition) is 4. The van der Waals surface area contributed by atoms with E-state index in [1.165, 1.54) is 5.39 Å². The number of carbonyl (C=O) groups excluding carboxylic acids is 1. The lowest BCUT2D eigenvalue weighted by Crippen LogP contribution is -2.45. The number of rotatable bonds is 4. The van der Waals surface area contributed by atoms with Crippen LogP contribution in [-0.2, 0) is 16.1 Å². The van der Waals surface area contributed by atoms with Crippen LogP contribution in [0.25, 0.3) is 10.9 Å². The molecule has 2 fully saturated rings. The number of likely N-dealkylation sites (tertiary alicyclic amines) is 2. The van der Waals surface area contributed by atoms with Crippen molar-refractivity contribution in [2.24, 2.45) is 11.3 Å². The van der Waals surface area contributed by atoms with Gasteiger partial charge >= 0.3 is 0 Å². The van der Waals surface area contributed by atoms with Gasteiger partial charge in [0, 0.05) is 45.0 Å². The molecule has 1 aromatic carbocycles. The second kappa shape index (κ2) is 7.56. The van der Waals surface area contributed by atoms with Gasteiger partial charge in [0.25, 0.3) is 0 Å². The molecule has 0 saturated carbocycles. The number of aromatic nitrogens is 1. The van der Waals surface area contributed by atoms with Crippen LogP contribution >= 0.6 is 0 Å². The van der Waals surface area contributed by atoms with E-state index in [-0.39, 0.29) is 11.3 Å². The Kier molecular flexibility index (Phi) is 5.15. The highest BCUT2D eigenvalue weighted by atomic mass is 16.5. The van der Waals surface area contributed by atoms with Crippen molar-refractivity contribution in [3.63, 3.8) is 0 Å². The van der Waals surface area contributed by atoms with Crippen LogP contribution in [0.4, 0.5) is 0 Å². The molecule has 27 heavy (non-hydrogen) atoms. The highest BCUT2D eigenvalue weighted by molar-refractivity contribution is 5.78. The molecule has 2 aliphatic rings. The molecule has 4 rings (SSSR count). The van der Waals surface area contributed by atoms with Gasteiger partial charge in [-0.25, -0.2) is 0 Å². The molecular weight excluding hydrogens is 338 g/mol. The Bertz CT molecular complexity index is 814. The van der Waals surface area contributed by atoms with Crippen LogP contribution in [-0.4, -0.2) is 60.6 Å². The molecule has 0 N–H and O–H groups in total. The number of fused-ring (bicyclic) bond motifs is 1. The number of ether oxygens (including phenoxy) is 1. The van der Waals surface area contributed by atoms with Crippen LogP contribution in [0.3, 0.4) is 0 Å². The molecule has 0 aliphatic carbocycles. The van der Waals surface area contributed by atoms with E-state index in [9.17, 15) is 4.79 Å². The third-order valence-electron chi connectivity index (χ3n) is 6.52. The zero-order chi connectivity index (χ0) is 18.9. The lowest BCUT2D eigenvalue weighted by molar-refractivity contribution is -0.128. The predicted molar refractivity (Wildman–Crippen MR) is 106 cm³/mol. The largest absolute Gasteiger partial charge is 0.384 e. The van der Waals surface area contributed by atoms with Crippen LogP contribution in [0.15, 0.2) is 36.4 Å². The molecule has 0 radical (unpaired) electrons. The third kappa shape index (κ3) is 3.71. The summed E-state index contributed by atoms with van der Waals surface area (Å²) in [7, 11) is 1.77. The average Bonchev–Trinajstić information content (AvgIpc) is 3.02. The molecule has 1 spiro atoms. The molecule has 5 nitrogen and oxygen atoms in total. The van der Waals surface area contributed by atoms with Gasteiger partial charge in [0.2, 0.25) is 5.91 Å². The highest BCUT2D eigenvalue weighted by Crippen LogP contribution is 2.45. The number of piperidine rings is 1. The van der Waals surface area contributed by atoms with E-state index >= 15 is 0 Å². The minimum atomic E-state index is 0.191. The Labute approximate surface area is 161 Å². The zero-order valence-electron chi connectivity index (χ0n) is 16.4. The number of carbonyl (C=O) groups is 1. The Morgan fingerprint density at radius 3 is 2.74 bits per heavy atom. The van der Waals surface area contributed by atoms with Crippen molar-refractivity contribution < 1.29 is 9.53 Å². The standard InChI is InChI=1S/C22H29N3O2/c1-17(26)25-13-19(15-27-2)22(16-25)9-11-24(12-10-22)14-20-8-7-18-5-3-4-6-21(18)23-20/h3-8,19H,9-16H2,1-2H3. The molecule has 1 atom stereocenters. The van der Waals surface area contributed by atoms with Crippen molar-refractivity contribution in [2.75, 3.05) is 39.9 Å². The Hall–Kier alpha value is -1.98. The van der Waals surface area contributed by atoms with Gasteiger partial charge in [0.1, 0.15) is 0 Å². The summed E-state index contributed by atoms with van der Waals surface area (Å²) >= 11 is 0. The molecule has 2 saturated heterocycles. The number of pyridine rings is 1. The second-order valence-electron chi connectivity index (χ2n) is 8.19. The van der Waals surface area contributed by atoms with E-state index in [1.54, 1.807) is 14.0 Å². The molecule has 0 bridgehead atoms. The Morgan fingerprint density at radius 1 is 1.22 bits per heavy atom. The normalized spacial score (nSPS) is 22.6. The number of amides is 1. The fraction of sp³-hybridized carbons (Fsp3) is 0.545. The molecule has 1 unspecified atom stereocenters. The quantitative estimate of drug-likeness (QED) is 0.834. The maximum absolute atomic E-state index is 11.9.